The van der Waals surface area contributed by atoms with Gasteiger partial charge in [0, 0.05) is 13.0 Å². The molecule has 0 bridgehead atoms. The molecule has 0 aliphatic rings. The number of amides is 2. The van der Waals surface area contributed by atoms with E-state index in [4.69, 9.17) is 5.11 Å². The molecule has 1 unspecified atom stereocenters. The average molecular weight is 269 g/mol. The summed E-state index contributed by atoms with van der Waals surface area (Å²) < 4.78 is 0. The average Bonchev–Trinajstić information content (AvgIpc) is 2.77. The monoisotopic (exact) mass is 269 g/mol. The van der Waals surface area contributed by atoms with E-state index in [2.05, 4.69) is 25.8 Å². The number of carbonyl (C=O) groups is 2. The standard InChI is InChI=1S/C11H19N5O3/c1-11(2,3)8(9(17)18)15-10(19)12-5-4-7-13-6-14-16-7/h6,8H,4-5H2,1-3H3,(H,17,18)(H2,12,15,19)(H,13,14,16). The normalized spacial score (nSPS) is 12.8. The van der Waals surface area contributed by atoms with Gasteiger partial charge in [-0.3, -0.25) is 5.10 Å². The van der Waals surface area contributed by atoms with Crippen molar-refractivity contribution in [2.45, 2.75) is 33.2 Å². The molecule has 8 heteroatoms. The van der Waals surface area contributed by atoms with Gasteiger partial charge in [0.1, 0.15) is 18.2 Å². The summed E-state index contributed by atoms with van der Waals surface area (Å²) in [5.41, 5.74) is -0.561. The molecule has 0 radical (unpaired) electrons. The number of aromatic nitrogens is 3. The van der Waals surface area contributed by atoms with Crippen LogP contribution in [-0.4, -0.2) is 44.9 Å². The Labute approximate surface area is 111 Å². The predicted octanol–water partition coefficient (Wildman–Crippen LogP) is 0.146. The first-order valence-corrected chi connectivity index (χ1v) is 5.92. The van der Waals surface area contributed by atoms with Crippen molar-refractivity contribution >= 4 is 12.0 Å². The van der Waals surface area contributed by atoms with E-state index < -0.39 is 23.5 Å². The largest absolute Gasteiger partial charge is 0.480 e. The molecule has 0 aliphatic heterocycles. The van der Waals surface area contributed by atoms with Gasteiger partial charge in [0.25, 0.3) is 0 Å². The summed E-state index contributed by atoms with van der Waals surface area (Å²) in [6, 6.07) is -1.46. The minimum Gasteiger partial charge on any atom is -0.480 e. The summed E-state index contributed by atoms with van der Waals surface area (Å²) in [6.07, 6.45) is 1.89. The number of carboxylic acid groups (broad SMARTS) is 1. The lowest BCUT2D eigenvalue weighted by molar-refractivity contribution is -0.141. The lowest BCUT2D eigenvalue weighted by atomic mass is 9.87. The van der Waals surface area contributed by atoms with E-state index in [1.54, 1.807) is 20.8 Å². The fourth-order valence-electron chi connectivity index (χ4n) is 1.48. The quantitative estimate of drug-likeness (QED) is 0.606. The minimum absolute atomic E-state index is 0.345. The molecule has 4 N–H and O–H groups in total. The summed E-state index contributed by atoms with van der Waals surface area (Å²) in [6.45, 7) is 5.60. The van der Waals surface area contributed by atoms with Crippen LogP contribution < -0.4 is 10.6 Å². The maximum Gasteiger partial charge on any atom is 0.326 e. The summed E-state index contributed by atoms with van der Waals surface area (Å²) in [4.78, 5) is 26.6. The van der Waals surface area contributed by atoms with Crippen LogP contribution in [-0.2, 0) is 11.2 Å². The predicted molar refractivity (Wildman–Crippen MR) is 67.5 cm³/mol. The van der Waals surface area contributed by atoms with Crippen molar-refractivity contribution in [3.63, 3.8) is 0 Å². The van der Waals surface area contributed by atoms with Crippen LogP contribution in [0.5, 0.6) is 0 Å². The molecule has 0 saturated carbocycles. The van der Waals surface area contributed by atoms with Gasteiger partial charge in [-0.05, 0) is 5.41 Å². The van der Waals surface area contributed by atoms with Crippen molar-refractivity contribution in [2.24, 2.45) is 5.41 Å². The fraction of sp³-hybridized carbons (Fsp3) is 0.636. The SMILES string of the molecule is CC(C)(C)C(NC(=O)NCCc1ncn[nH]1)C(=O)O. The van der Waals surface area contributed by atoms with Gasteiger partial charge in [-0.15, -0.1) is 0 Å². The Bertz CT molecular complexity index is 424. The Morgan fingerprint density at radius 3 is 2.63 bits per heavy atom. The number of aliphatic carboxylic acids is 1. The van der Waals surface area contributed by atoms with E-state index in [1.165, 1.54) is 6.33 Å². The number of H-pyrrole nitrogens is 1. The molecular formula is C11H19N5O3. The van der Waals surface area contributed by atoms with Gasteiger partial charge in [0.2, 0.25) is 0 Å². The van der Waals surface area contributed by atoms with Crippen LogP contribution in [0.1, 0.15) is 26.6 Å². The third kappa shape index (κ3) is 4.94. The summed E-state index contributed by atoms with van der Waals surface area (Å²) in [5, 5.41) is 20.4. The molecule has 1 rings (SSSR count). The third-order valence-electron chi connectivity index (χ3n) is 2.50. The topological polar surface area (TPSA) is 120 Å². The van der Waals surface area contributed by atoms with E-state index in [1.807, 2.05) is 0 Å². The van der Waals surface area contributed by atoms with E-state index >= 15 is 0 Å². The van der Waals surface area contributed by atoms with E-state index in [-0.39, 0.29) is 0 Å². The number of hydrogen-bond donors (Lipinski definition) is 4. The highest BCUT2D eigenvalue weighted by Crippen LogP contribution is 2.19. The molecule has 2 amide bonds. The molecule has 1 aromatic rings. The molecule has 1 heterocycles. The molecule has 0 spiro atoms. The van der Waals surface area contributed by atoms with E-state index in [0.717, 1.165) is 0 Å². The van der Waals surface area contributed by atoms with Gasteiger partial charge in [-0.25, -0.2) is 14.6 Å². The molecule has 0 aromatic carbocycles. The number of hydrogen-bond acceptors (Lipinski definition) is 4. The zero-order valence-corrected chi connectivity index (χ0v) is 11.2. The molecule has 1 atom stereocenters. The van der Waals surface area contributed by atoms with Gasteiger partial charge in [0.05, 0.1) is 0 Å². The lowest BCUT2D eigenvalue weighted by Crippen LogP contribution is -2.52. The Morgan fingerprint density at radius 1 is 1.47 bits per heavy atom. The molecule has 19 heavy (non-hydrogen) atoms. The zero-order chi connectivity index (χ0) is 14.5. The van der Waals surface area contributed by atoms with Crippen molar-refractivity contribution in [2.75, 3.05) is 6.54 Å². The van der Waals surface area contributed by atoms with E-state index in [0.29, 0.717) is 18.8 Å². The number of carbonyl (C=O) groups excluding carboxylic acids is 1. The Kier molecular flexibility index (Phi) is 4.85. The van der Waals surface area contributed by atoms with Crippen molar-refractivity contribution in [1.82, 2.24) is 25.8 Å². The molecule has 0 fully saturated rings. The third-order valence-corrected chi connectivity index (χ3v) is 2.50. The van der Waals surface area contributed by atoms with Gasteiger partial charge >= 0.3 is 12.0 Å². The number of urea groups is 1. The highest BCUT2D eigenvalue weighted by molar-refractivity contribution is 5.83. The van der Waals surface area contributed by atoms with Crippen LogP contribution in [0.15, 0.2) is 6.33 Å². The first-order valence-electron chi connectivity index (χ1n) is 5.92. The fourth-order valence-corrected chi connectivity index (χ4v) is 1.48. The summed E-state index contributed by atoms with van der Waals surface area (Å²) in [7, 11) is 0. The Balaban J connectivity index is 2.39. The van der Waals surface area contributed by atoms with Gasteiger partial charge in [-0.1, -0.05) is 20.8 Å². The van der Waals surface area contributed by atoms with Gasteiger partial charge in [0.15, 0.2) is 0 Å². The smallest absolute Gasteiger partial charge is 0.326 e. The van der Waals surface area contributed by atoms with Crippen LogP contribution in [0.2, 0.25) is 0 Å². The minimum atomic E-state index is -1.06. The number of nitrogens with zero attached hydrogens (tertiary/aromatic N) is 2. The van der Waals surface area contributed by atoms with Crippen molar-refractivity contribution in [3.05, 3.63) is 12.2 Å². The second-order valence-electron chi connectivity index (χ2n) is 5.22. The first-order chi connectivity index (χ1) is 8.80. The van der Waals surface area contributed by atoms with Crippen LogP contribution >= 0.6 is 0 Å². The molecule has 0 aliphatic carbocycles. The van der Waals surface area contributed by atoms with Crippen LogP contribution in [0.25, 0.3) is 0 Å². The maximum atomic E-state index is 11.6. The maximum absolute atomic E-state index is 11.6. The highest BCUT2D eigenvalue weighted by Gasteiger charge is 2.32. The molecule has 1 aromatic heterocycles. The van der Waals surface area contributed by atoms with Crippen LogP contribution in [0.4, 0.5) is 4.79 Å². The lowest BCUT2D eigenvalue weighted by Gasteiger charge is -2.27. The van der Waals surface area contributed by atoms with Crippen molar-refractivity contribution in [1.29, 1.82) is 0 Å². The zero-order valence-electron chi connectivity index (χ0n) is 11.2. The van der Waals surface area contributed by atoms with Gasteiger partial charge in [-0.2, -0.15) is 5.10 Å². The Morgan fingerprint density at radius 2 is 2.16 bits per heavy atom. The summed E-state index contributed by atoms with van der Waals surface area (Å²) in [5.74, 6) is -0.399. The molecular weight excluding hydrogens is 250 g/mol. The first kappa shape index (κ1) is 14.9. The molecule has 106 valence electrons. The number of aromatic amines is 1. The van der Waals surface area contributed by atoms with Crippen molar-refractivity contribution in [3.8, 4) is 0 Å². The molecule has 8 nitrogen and oxygen atoms in total. The van der Waals surface area contributed by atoms with Gasteiger partial charge < -0.3 is 15.7 Å². The Hall–Kier alpha value is -2.12. The second-order valence-corrected chi connectivity index (χ2v) is 5.22. The number of carboxylic acids is 1. The van der Waals surface area contributed by atoms with Crippen LogP contribution in [0.3, 0.4) is 0 Å². The highest BCUT2D eigenvalue weighted by atomic mass is 16.4. The summed E-state index contributed by atoms with van der Waals surface area (Å²) >= 11 is 0. The van der Waals surface area contributed by atoms with E-state index in [9.17, 15) is 9.59 Å². The number of rotatable bonds is 5. The second kappa shape index (κ2) is 6.17. The van der Waals surface area contributed by atoms with Crippen molar-refractivity contribution < 1.29 is 14.7 Å². The molecule has 0 saturated heterocycles. The number of nitrogens with one attached hydrogen (secondary N) is 3. The van der Waals surface area contributed by atoms with Crippen LogP contribution in [0, 0.1) is 5.41 Å².